The molecule has 0 radical (unpaired) electrons. The monoisotopic (exact) mass is 430 g/mol. The second-order valence-corrected chi connectivity index (χ2v) is 7.57. The number of carbonyl (C=O) groups is 1. The molecule has 1 N–H and O–H groups in total. The zero-order valence-electron chi connectivity index (χ0n) is 16.1. The van der Waals surface area contributed by atoms with Crippen LogP contribution in [0.15, 0.2) is 48.5 Å². The largest absolute Gasteiger partial charge is 0.417 e. The van der Waals surface area contributed by atoms with E-state index in [0.717, 1.165) is 17.7 Å². The molecule has 0 unspecified atom stereocenters. The summed E-state index contributed by atoms with van der Waals surface area (Å²) in [5.74, 6) is -0.370. The minimum absolute atomic E-state index is 0.222. The molecule has 1 heterocycles. The fourth-order valence-corrected chi connectivity index (χ4v) is 3.82. The summed E-state index contributed by atoms with van der Waals surface area (Å²) in [6, 6.07) is 14.3. The number of aromatic nitrogens is 1. The molecule has 0 saturated carbocycles. The lowest BCUT2D eigenvalue weighted by molar-refractivity contribution is -0.137. The van der Waals surface area contributed by atoms with Gasteiger partial charge in [-0.3, -0.25) is 4.79 Å². The van der Waals surface area contributed by atoms with E-state index in [-0.39, 0.29) is 23.8 Å². The minimum atomic E-state index is -4.68. The summed E-state index contributed by atoms with van der Waals surface area (Å²) in [4.78, 5) is 18.7. The second kappa shape index (κ2) is 8.55. The molecule has 0 aliphatic carbocycles. The molecule has 3 aromatic rings. The SMILES string of the molecule is CNC(=O)c1nc(N(Cc2ccccc2)c2ccc(C#N)c(C(F)(F)F)c2)sc1C. The van der Waals surface area contributed by atoms with Gasteiger partial charge in [0.15, 0.2) is 5.13 Å². The molecule has 0 aliphatic rings. The van der Waals surface area contributed by atoms with Crippen LogP contribution in [0.25, 0.3) is 0 Å². The van der Waals surface area contributed by atoms with Crippen LogP contribution in [0.4, 0.5) is 24.0 Å². The van der Waals surface area contributed by atoms with Gasteiger partial charge in [0, 0.05) is 17.6 Å². The summed E-state index contributed by atoms with van der Waals surface area (Å²) in [5.41, 5.74) is -0.167. The maximum Gasteiger partial charge on any atom is 0.417 e. The van der Waals surface area contributed by atoms with Gasteiger partial charge in [-0.15, -0.1) is 11.3 Å². The number of nitrogens with one attached hydrogen (secondary N) is 1. The van der Waals surface area contributed by atoms with E-state index in [0.29, 0.717) is 10.0 Å². The highest BCUT2D eigenvalue weighted by Crippen LogP contribution is 2.38. The number of benzene rings is 2. The van der Waals surface area contributed by atoms with Crippen molar-refractivity contribution in [3.63, 3.8) is 0 Å². The Labute approximate surface area is 175 Å². The molecule has 0 fully saturated rings. The van der Waals surface area contributed by atoms with E-state index in [9.17, 15) is 18.0 Å². The number of halogens is 3. The first-order valence-electron chi connectivity index (χ1n) is 8.87. The quantitative estimate of drug-likeness (QED) is 0.616. The molecule has 0 atom stereocenters. The van der Waals surface area contributed by atoms with Gasteiger partial charge in [0.25, 0.3) is 5.91 Å². The molecule has 5 nitrogen and oxygen atoms in total. The maximum atomic E-state index is 13.5. The standard InChI is InChI=1S/C21H17F3N4OS/c1-13-18(19(29)26-2)27-20(30-13)28(12-14-6-4-3-5-7-14)16-9-8-15(11-25)17(10-16)21(22,23)24/h3-10H,12H2,1-2H3,(H,26,29). The van der Waals surface area contributed by atoms with Crippen LogP contribution in [0.3, 0.4) is 0 Å². The molecule has 0 bridgehead atoms. The zero-order valence-corrected chi connectivity index (χ0v) is 16.9. The second-order valence-electron chi connectivity index (χ2n) is 6.39. The van der Waals surface area contributed by atoms with Crippen molar-refractivity contribution in [2.75, 3.05) is 11.9 Å². The van der Waals surface area contributed by atoms with Crippen LogP contribution < -0.4 is 10.2 Å². The number of hydrogen-bond donors (Lipinski definition) is 1. The Morgan fingerprint density at radius 2 is 1.93 bits per heavy atom. The Morgan fingerprint density at radius 1 is 1.23 bits per heavy atom. The highest BCUT2D eigenvalue weighted by atomic mass is 32.1. The summed E-state index contributed by atoms with van der Waals surface area (Å²) >= 11 is 1.21. The average molecular weight is 430 g/mol. The number of rotatable bonds is 5. The lowest BCUT2D eigenvalue weighted by Gasteiger charge is -2.23. The first-order chi connectivity index (χ1) is 14.2. The number of nitrogens with zero attached hydrogens (tertiary/aromatic N) is 3. The van der Waals surface area contributed by atoms with E-state index in [2.05, 4.69) is 10.3 Å². The van der Waals surface area contributed by atoms with E-state index >= 15 is 0 Å². The number of amides is 1. The molecule has 3 rings (SSSR count). The number of thiazole rings is 1. The van der Waals surface area contributed by atoms with Gasteiger partial charge in [0.2, 0.25) is 0 Å². The Balaban J connectivity index is 2.14. The van der Waals surface area contributed by atoms with E-state index < -0.39 is 17.3 Å². The normalized spacial score (nSPS) is 11.1. The number of anilines is 2. The molecule has 154 valence electrons. The first kappa shape index (κ1) is 21.3. The van der Waals surface area contributed by atoms with Crippen LogP contribution in [0.5, 0.6) is 0 Å². The molecule has 0 spiro atoms. The zero-order chi connectivity index (χ0) is 21.9. The molecule has 0 saturated heterocycles. The Kier molecular flexibility index (Phi) is 6.08. The lowest BCUT2D eigenvalue weighted by atomic mass is 10.1. The van der Waals surface area contributed by atoms with Crippen molar-refractivity contribution in [1.82, 2.24) is 10.3 Å². The fourth-order valence-electron chi connectivity index (χ4n) is 2.89. The van der Waals surface area contributed by atoms with Gasteiger partial charge in [-0.2, -0.15) is 18.4 Å². The third kappa shape index (κ3) is 4.44. The van der Waals surface area contributed by atoms with Gasteiger partial charge < -0.3 is 10.2 Å². The van der Waals surface area contributed by atoms with Crippen LogP contribution >= 0.6 is 11.3 Å². The van der Waals surface area contributed by atoms with Crippen molar-refractivity contribution >= 4 is 28.1 Å². The minimum Gasteiger partial charge on any atom is -0.354 e. The van der Waals surface area contributed by atoms with Crippen molar-refractivity contribution in [2.24, 2.45) is 0 Å². The highest BCUT2D eigenvalue weighted by Gasteiger charge is 2.34. The number of aryl methyl sites for hydroxylation is 1. The molecule has 30 heavy (non-hydrogen) atoms. The van der Waals surface area contributed by atoms with Crippen LogP contribution in [-0.2, 0) is 12.7 Å². The van der Waals surface area contributed by atoms with Crippen molar-refractivity contribution in [2.45, 2.75) is 19.6 Å². The predicted octanol–water partition coefficient (Wildman–Crippen LogP) is 5.04. The van der Waals surface area contributed by atoms with E-state index in [1.165, 1.54) is 24.5 Å². The van der Waals surface area contributed by atoms with Crippen molar-refractivity contribution in [3.8, 4) is 6.07 Å². The van der Waals surface area contributed by atoms with Crippen LogP contribution in [0, 0.1) is 18.3 Å². The summed E-state index contributed by atoms with van der Waals surface area (Å²) in [6.07, 6.45) is -4.68. The molecule has 0 aliphatic heterocycles. The van der Waals surface area contributed by atoms with E-state index in [1.807, 2.05) is 30.3 Å². The Bertz CT molecular complexity index is 1100. The van der Waals surface area contributed by atoms with Gasteiger partial charge in [-0.25, -0.2) is 4.98 Å². The lowest BCUT2D eigenvalue weighted by Crippen LogP contribution is -2.20. The van der Waals surface area contributed by atoms with Gasteiger partial charge in [-0.05, 0) is 30.7 Å². The fraction of sp³-hybridized carbons (Fsp3) is 0.190. The van der Waals surface area contributed by atoms with Crippen LogP contribution in [-0.4, -0.2) is 17.9 Å². The van der Waals surface area contributed by atoms with Crippen molar-refractivity contribution in [1.29, 1.82) is 5.26 Å². The first-order valence-corrected chi connectivity index (χ1v) is 9.68. The summed E-state index contributed by atoms with van der Waals surface area (Å²) in [7, 11) is 1.48. The van der Waals surface area contributed by atoms with E-state index in [4.69, 9.17) is 5.26 Å². The molecule has 1 aromatic heterocycles. The predicted molar refractivity (Wildman–Crippen MR) is 109 cm³/mol. The van der Waals surface area contributed by atoms with Gasteiger partial charge in [0.05, 0.1) is 23.7 Å². The van der Waals surface area contributed by atoms with Crippen LogP contribution in [0.2, 0.25) is 0 Å². The van der Waals surface area contributed by atoms with Gasteiger partial charge >= 0.3 is 6.18 Å². The van der Waals surface area contributed by atoms with Gasteiger partial charge in [-0.1, -0.05) is 30.3 Å². The third-order valence-electron chi connectivity index (χ3n) is 4.38. The van der Waals surface area contributed by atoms with Crippen LogP contribution in [0.1, 0.15) is 32.1 Å². The maximum absolute atomic E-state index is 13.5. The van der Waals surface area contributed by atoms with Gasteiger partial charge in [0.1, 0.15) is 5.69 Å². The number of alkyl halides is 3. The Hall–Kier alpha value is -3.38. The Morgan fingerprint density at radius 3 is 2.53 bits per heavy atom. The highest BCUT2D eigenvalue weighted by molar-refractivity contribution is 7.15. The summed E-state index contributed by atoms with van der Waals surface area (Å²) in [5, 5.41) is 12.0. The number of nitriles is 1. The topological polar surface area (TPSA) is 69.0 Å². The molecule has 2 aromatic carbocycles. The molecular weight excluding hydrogens is 413 g/mol. The van der Waals surface area contributed by atoms with E-state index in [1.54, 1.807) is 17.9 Å². The summed E-state index contributed by atoms with van der Waals surface area (Å²) < 4.78 is 40.5. The average Bonchev–Trinajstić information content (AvgIpc) is 3.12. The molecular formula is C21H17F3N4OS. The molecule has 1 amide bonds. The third-order valence-corrected chi connectivity index (χ3v) is 5.38. The van der Waals surface area contributed by atoms with Crippen molar-refractivity contribution in [3.05, 3.63) is 75.8 Å². The number of hydrogen-bond acceptors (Lipinski definition) is 5. The molecule has 9 heteroatoms. The smallest absolute Gasteiger partial charge is 0.354 e. The summed E-state index contributed by atoms with van der Waals surface area (Å²) in [6.45, 7) is 1.97. The number of carbonyl (C=O) groups excluding carboxylic acids is 1. The van der Waals surface area contributed by atoms with Crippen molar-refractivity contribution < 1.29 is 18.0 Å².